The van der Waals surface area contributed by atoms with Crippen LogP contribution in [0.2, 0.25) is 0 Å². The fourth-order valence-electron chi connectivity index (χ4n) is 3.02. The van der Waals surface area contributed by atoms with Crippen molar-refractivity contribution in [1.29, 1.82) is 0 Å². The van der Waals surface area contributed by atoms with E-state index >= 15 is 0 Å². The third-order valence-corrected chi connectivity index (χ3v) is 4.65. The number of rotatable bonds is 6. The number of amides is 1. The predicted octanol–water partition coefficient (Wildman–Crippen LogP) is 3.71. The van der Waals surface area contributed by atoms with Gasteiger partial charge in [0.05, 0.1) is 0 Å². The van der Waals surface area contributed by atoms with Crippen LogP contribution in [0, 0.1) is 13.8 Å². The summed E-state index contributed by atoms with van der Waals surface area (Å²) in [4.78, 5) is 23.8. The van der Waals surface area contributed by atoms with E-state index in [9.17, 15) is 9.59 Å². The third kappa shape index (κ3) is 4.37. The van der Waals surface area contributed by atoms with Gasteiger partial charge in [-0.3, -0.25) is 4.79 Å². The van der Waals surface area contributed by atoms with E-state index in [2.05, 4.69) is 12.2 Å². The SMILES string of the molecule is Cc1cc(=O)oc2c(C)c(OCC(=O)NC[C@H](C)c3ccccc3)ccc12. The Morgan fingerprint density at radius 2 is 1.89 bits per heavy atom. The Balaban J connectivity index is 1.62. The first-order chi connectivity index (χ1) is 13.0. The number of fused-ring (bicyclic) bond motifs is 1. The highest BCUT2D eigenvalue weighted by Gasteiger charge is 2.12. The summed E-state index contributed by atoms with van der Waals surface area (Å²) in [5, 5.41) is 3.75. The van der Waals surface area contributed by atoms with Crippen molar-refractivity contribution < 1.29 is 13.9 Å². The minimum absolute atomic E-state index is 0.0933. The number of carbonyl (C=O) groups is 1. The number of aryl methyl sites for hydroxylation is 2. The molecule has 0 radical (unpaired) electrons. The molecule has 1 N–H and O–H groups in total. The molecule has 0 saturated carbocycles. The zero-order valence-electron chi connectivity index (χ0n) is 15.7. The van der Waals surface area contributed by atoms with Crippen molar-refractivity contribution in [3.8, 4) is 5.75 Å². The maximum absolute atomic E-state index is 12.1. The lowest BCUT2D eigenvalue weighted by molar-refractivity contribution is -0.123. The molecule has 140 valence electrons. The molecule has 1 amide bonds. The van der Waals surface area contributed by atoms with Gasteiger partial charge in [-0.25, -0.2) is 4.79 Å². The summed E-state index contributed by atoms with van der Waals surface area (Å²) >= 11 is 0. The van der Waals surface area contributed by atoms with Gasteiger partial charge < -0.3 is 14.5 Å². The predicted molar refractivity (Wildman–Crippen MR) is 105 cm³/mol. The number of hydrogen-bond donors (Lipinski definition) is 1. The maximum atomic E-state index is 12.1. The Morgan fingerprint density at radius 1 is 1.15 bits per heavy atom. The zero-order valence-corrected chi connectivity index (χ0v) is 15.7. The van der Waals surface area contributed by atoms with Crippen molar-refractivity contribution in [2.24, 2.45) is 0 Å². The number of carbonyl (C=O) groups excluding carboxylic acids is 1. The summed E-state index contributed by atoms with van der Waals surface area (Å²) in [7, 11) is 0. The molecule has 1 heterocycles. The molecule has 0 aliphatic carbocycles. The molecule has 5 heteroatoms. The van der Waals surface area contributed by atoms with E-state index in [-0.39, 0.29) is 18.4 Å². The van der Waals surface area contributed by atoms with Crippen LogP contribution in [-0.2, 0) is 4.79 Å². The van der Waals surface area contributed by atoms with Crippen LogP contribution in [0.3, 0.4) is 0 Å². The van der Waals surface area contributed by atoms with Crippen molar-refractivity contribution >= 4 is 16.9 Å². The summed E-state index contributed by atoms with van der Waals surface area (Å²) in [5.74, 6) is 0.556. The largest absolute Gasteiger partial charge is 0.483 e. The van der Waals surface area contributed by atoms with Gasteiger partial charge in [-0.15, -0.1) is 0 Å². The molecule has 0 aliphatic heterocycles. The van der Waals surface area contributed by atoms with Crippen molar-refractivity contribution in [3.05, 3.63) is 75.6 Å². The quantitative estimate of drug-likeness (QED) is 0.676. The van der Waals surface area contributed by atoms with E-state index in [1.54, 1.807) is 6.07 Å². The summed E-state index contributed by atoms with van der Waals surface area (Å²) in [6, 6.07) is 15.1. The molecule has 3 rings (SSSR count). The standard InChI is InChI=1S/C22H23NO4/c1-14-11-21(25)27-22-16(3)19(10-9-18(14)22)26-13-20(24)23-12-15(2)17-7-5-4-6-8-17/h4-11,15H,12-13H2,1-3H3,(H,23,24)/t15-/m0/s1. The molecule has 3 aromatic rings. The minimum atomic E-state index is -0.395. The molecule has 2 aromatic carbocycles. The van der Waals surface area contributed by atoms with Gasteiger partial charge in [0.25, 0.3) is 5.91 Å². The first-order valence-corrected chi connectivity index (χ1v) is 8.94. The molecular formula is C22H23NO4. The average Bonchev–Trinajstić information content (AvgIpc) is 2.66. The van der Waals surface area contributed by atoms with Gasteiger partial charge in [-0.05, 0) is 43.0 Å². The molecule has 0 saturated heterocycles. The Morgan fingerprint density at radius 3 is 2.63 bits per heavy atom. The van der Waals surface area contributed by atoms with Crippen LogP contribution >= 0.6 is 0 Å². The molecule has 1 aromatic heterocycles. The Kier molecular flexibility index (Phi) is 5.60. The topological polar surface area (TPSA) is 68.5 Å². The lowest BCUT2D eigenvalue weighted by Gasteiger charge is -2.14. The van der Waals surface area contributed by atoms with E-state index in [0.29, 0.717) is 23.4 Å². The number of benzene rings is 2. The second-order valence-electron chi connectivity index (χ2n) is 6.72. The number of hydrogen-bond acceptors (Lipinski definition) is 4. The normalized spacial score (nSPS) is 12.0. The van der Waals surface area contributed by atoms with Gasteiger partial charge in [-0.1, -0.05) is 37.3 Å². The van der Waals surface area contributed by atoms with Gasteiger partial charge in [0.1, 0.15) is 11.3 Å². The van der Waals surface area contributed by atoms with Gasteiger partial charge in [0.15, 0.2) is 6.61 Å². The van der Waals surface area contributed by atoms with Crippen molar-refractivity contribution in [2.45, 2.75) is 26.7 Å². The van der Waals surface area contributed by atoms with Gasteiger partial charge in [0.2, 0.25) is 0 Å². The first-order valence-electron chi connectivity index (χ1n) is 8.94. The summed E-state index contributed by atoms with van der Waals surface area (Å²) in [6.07, 6.45) is 0. The number of ether oxygens (including phenoxy) is 1. The van der Waals surface area contributed by atoms with Crippen LogP contribution in [0.15, 0.2) is 57.7 Å². The van der Waals surface area contributed by atoms with Gasteiger partial charge >= 0.3 is 5.63 Å². The molecule has 0 aliphatic rings. The van der Waals surface area contributed by atoms with E-state index in [1.165, 1.54) is 11.6 Å². The Bertz CT molecular complexity index is 1010. The molecule has 0 spiro atoms. The van der Waals surface area contributed by atoms with Crippen LogP contribution in [0.25, 0.3) is 11.0 Å². The second-order valence-corrected chi connectivity index (χ2v) is 6.72. The molecule has 5 nitrogen and oxygen atoms in total. The summed E-state index contributed by atoms with van der Waals surface area (Å²) < 4.78 is 11.0. The smallest absolute Gasteiger partial charge is 0.336 e. The van der Waals surface area contributed by atoms with E-state index in [4.69, 9.17) is 9.15 Å². The van der Waals surface area contributed by atoms with E-state index < -0.39 is 5.63 Å². The van der Waals surface area contributed by atoms with Gasteiger partial charge in [-0.2, -0.15) is 0 Å². The highest BCUT2D eigenvalue weighted by Crippen LogP contribution is 2.28. The molecule has 27 heavy (non-hydrogen) atoms. The zero-order chi connectivity index (χ0) is 19.4. The highest BCUT2D eigenvalue weighted by atomic mass is 16.5. The van der Waals surface area contributed by atoms with Crippen LogP contribution in [0.1, 0.15) is 29.5 Å². The average molecular weight is 365 g/mol. The first kappa shape index (κ1) is 18.7. The van der Waals surface area contributed by atoms with Crippen LogP contribution in [0.5, 0.6) is 5.75 Å². The van der Waals surface area contributed by atoms with Crippen molar-refractivity contribution in [2.75, 3.05) is 13.2 Å². The fourth-order valence-corrected chi connectivity index (χ4v) is 3.02. The molecule has 0 bridgehead atoms. The van der Waals surface area contributed by atoms with E-state index in [1.807, 2.05) is 50.2 Å². The van der Waals surface area contributed by atoms with Crippen LogP contribution in [0.4, 0.5) is 0 Å². The number of nitrogens with one attached hydrogen (secondary N) is 1. The molecule has 0 fully saturated rings. The summed E-state index contributed by atoms with van der Waals surface area (Å²) in [6.45, 7) is 6.19. The monoisotopic (exact) mass is 365 g/mol. The molecule has 1 atom stereocenters. The third-order valence-electron chi connectivity index (χ3n) is 4.65. The van der Waals surface area contributed by atoms with Crippen molar-refractivity contribution in [3.63, 3.8) is 0 Å². The highest BCUT2D eigenvalue weighted by molar-refractivity contribution is 5.85. The lowest BCUT2D eigenvalue weighted by Crippen LogP contribution is -2.31. The lowest BCUT2D eigenvalue weighted by atomic mass is 10.0. The van der Waals surface area contributed by atoms with Crippen molar-refractivity contribution in [1.82, 2.24) is 5.32 Å². The van der Waals surface area contributed by atoms with Gasteiger partial charge in [0, 0.05) is 23.6 Å². The fraction of sp³-hybridized carbons (Fsp3) is 0.273. The Labute approximate surface area is 158 Å². The minimum Gasteiger partial charge on any atom is -0.483 e. The Hall–Kier alpha value is -3.08. The maximum Gasteiger partial charge on any atom is 0.336 e. The molecule has 0 unspecified atom stereocenters. The van der Waals surface area contributed by atoms with E-state index in [0.717, 1.165) is 10.9 Å². The molecular weight excluding hydrogens is 342 g/mol. The van der Waals surface area contributed by atoms with Crippen LogP contribution in [-0.4, -0.2) is 19.1 Å². The summed E-state index contributed by atoms with van der Waals surface area (Å²) in [5.41, 5.74) is 2.83. The van der Waals surface area contributed by atoms with Crippen LogP contribution < -0.4 is 15.7 Å². The second kappa shape index (κ2) is 8.08.